The van der Waals surface area contributed by atoms with E-state index in [2.05, 4.69) is 10.6 Å². The summed E-state index contributed by atoms with van der Waals surface area (Å²) >= 11 is 0. The van der Waals surface area contributed by atoms with Crippen molar-refractivity contribution in [3.05, 3.63) is 35.9 Å². The molecular weight excluding hydrogens is 318 g/mol. The molecule has 1 aliphatic heterocycles. The van der Waals surface area contributed by atoms with Gasteiger partial charge in [-0.25, -0.2) is 9.59 Å². The third-order valence-corrected chi connectivity index (χ3v) is 4.07. The van der Waals surface area contributed by atoms with Crippen molar-refractivity contribution < 1.29 is 14.3 Å². The van der Waals surface area contributed by atoms with Crippen LogP contribution in [0, 0.1) is 0 Å². The van der Waals surface area contributed by atoms with Gasteiger partial charge in [-0.15, -0.1) is 0 Å². The summed E-state index contributed by atoms with van der Waals surface area (Å²) in [6.45, 7) is 8.65. The van der Waals surface area contributed by atoms with E-state index in [4.69, 9.17) is 4.74 Å². The van der Waals surface area contributed by atoms with Crippen molar-refractivity contribution in [3.63, 3.8) is 0 Å². The van der Waals surface area contributed by atoms with Crippen molar-refractivity contribution in [3.8, 4) is 0 Å². The Balaban J connectivity index is 1.85. The van der Waals surface area contributed by atoms with Crippen molar-refractivity contribution >= 4 is 12.1 Å². The van der Waals surface area contributed by atoms with Crippen LogP contribution in [0.1, 0.15) is 52.1 Å². The molecule has 1 fully saturated rings. The van der Waals surface area contributed by atoms with E-state index < -0.39 is 11.7 Å². The molecule has 6 heteroatoms. The van der Waals surface area contributed by atoms with Crippen LogP contribution in [0.3, 0.4) is 0 Å². The van der Waals surface area contributed by atoms with E-state index in [-0.39, 0.29) is 18.1 Å². The van der Waals surface area contributed by atoms with Gasteiger partial charge in [-0.2, -0.15) is 0 Å². The number of benzene rings is 1. The van der Waals surface area contributed by atoms with Gasteiger partial charge in [-0.1, -0.05) is 30.3 Å². The van der Waals surface area contributed by atoms with E-state index >= 15 is 0 Å². The van der Waals surface area contributed by atoms with E-state index in [1.807, 2.05) is 58.0 Å². The summed E-state index contributed by atoms with van der Waals surface area (Å²) in [6, 6.07) is 9.61. The molecule has 0 aromatic heterocycles. The predicted molar refractivity (Wildman–Crippen MR) is 97.4 cm³/mol. The van der Waals surface area contributed by atoms with E-state index in [9.17, 15) is 9.59 Å². The fraction of sp³-hybridized carbons (Fsp3) is 0.579. The van der Waals surface area contributed by atoms with Gasteiger partial charge in [0.25, 0.3) is 0 Å². The van der Waals surface area contributed by atoms with Crippen molar-refractivity contribution in [2.24, 2.45) is 0 Å². The molecule has 2 atom stereocenters. The SMILES string of the molecule is C[C@H](NC(=O)N1CCC[C@H](NC(=O)OC(C)(C)C)C1)c1ccccc1. The molecule has 0 radical (unpaired) electrons. The van der Waals surface area contributed by atoms with Crippen molar-refractivity contribution in [1.82, 2.24) is 15.5 Å². The lowest BCUT2D eigenvalue weighted by atomic mass is 10.1. The third-order valence-electron chi connectivity index (χ3n) is 4.07. The van der Waals surface area contributed by atoms with Crippen molar-refractivity contribution in [2.45, 2.75) is 58.2 Å². The molecule has 1 aromatic carbocycles. The highest BCUT2D eigenvalue weighted by atomic mass is 16.6. The smallest absolute Gasteiger partial charge is 0.407 e. The van der Waals surface area contributed by atoms with Crippen LogP contribution in [0.15, 0.2) is 30.3 Å². The molecule has 1 heterocycles. The quantitative estimate of drug-likeness (QED) is 0.880. The van der Waals surface area contributed by atoms with Crippen LogP contribution in [0.2, 0.25) is 0 Å². The Hall–Kier alpha value is -2.24. The number of carbonyl (C=O) groups excluding carboxylic acids is 2. The van der Waals surface area contributed by atoms with Crippen LogP contribution in [0.4, 0.5) is 9.59 Å². The summed E-state index contributed by atoms with van der Waals surface area (Å²) in [5.41, 5.74) is 0.539. The molecule has 25 heavy (non-hydrogen) atoms. The van der Waals surface area contributed by atoms with Crippen LogP contribution < -0.4 is 10.6 Å². The first-order valence-corrected chi connectivity index (χ1v) is 8.84. The Kier molecular flexibility index (Phi) is 6.28. The maximum atomic E-state index is 12.5. The summed E-state index contributed by atoms with van der Waals surface area (Å²) in [5.74, 6) is 0. The van der Waals surface area contributed by atoms with Crippen LogP contribution in [0.25, 0.3) is 0 Å². The van der Waals surface area contributed by atoms with Gasteiger partial charge in [0.05, 0.1) is 6.04 Å². The summed E-state index contributed by atoms with van der Waals surface area (Å²) in [6.07, 6.45) is 1.27. The number of amides is 3. The number of nitrogens with one attached hydrogen (secondary N) is 2. The molecule has 6 nitrogen and oxygen atoms in total. The average Bonchev–Trinajstić information content (AvgIpc) is 2.54. The number of alkyl carbamates (subject to hydrolysis) is 1. The second kappa shape index (κ2) is 8.23. The molecule has 0 saturated carbocycles. The first kappa shape index (κ1) is 19.1. The number of rotatable bonds is 3. The fourth-order valence-corrected chi connectivity index (χ4v) is 2.86. The number of urea groups is 1. The minimum absolute atomic E-state index is 0.0621. The molecule has 1 saturated heterocycles. The van der Waals surface area contributed by atoms with Gasteiger partial charge in [0.15, 0.2) is 0 Å². The van der Waals surface area contributed by atoms with Gasteiger partial charge in [-0.05, 0) is 46.1 Å². The molecule has 3 amide bonds. The van der Waals surface area contributed by atoms with Gasteiger partial charge in [0, 0.05) is 19.1 Å². The summed E-state index contributed by atoms with van der Waals surface area (Å²) in [4.78, 5) is 26.2. The molecular formula is C19H29N3O3. The zero-order chi connectivity index (χ0) is 18.4. The molecule has 0 unspecified atom stereocenters. The molecule has 0 spiro atoms. The van der Waals surface area contributed by atoms with Crippen LogP contribution in [0.5, 0.6) is 0 Å². The maximum absolute atomic E-state index is 12.5. The second-order valence-electron chi connectivity index (χ2n) is 7.51. The Morgan fingerprint density at radius 2 is 1.92 bits per heavy atom. The number of piperidine rings is 1. The minimum atomic E-state index is -0.527. The standard InChI is InChI=1S/C19H29N3O3/c1-14(15-9-6-5-7-10-15)20-17(23)22-12-8-11-16(13-22)21-18(24)25-19(2,3)4/h5-7,9-10,14,16H,8,11-13H2,1-4H3,(H,20,23)(H,21,24)/t14-,16-/m0/s1. The normalized spacial score (nSPS) is 19.0. The Morgan fingerprint density at radius 1 is 1.24 bits per heavy atom. The number of hydrogen-bond acceptors (Lipinski definition) is 3. The molecule has 1 aromatic rings. The van der Waals surface area contributed by atoms with E-state index in [1.165, 1.54) is 0 Å². The lowest BCUT2D eigenvalue weighted by Gasteiger charge is -2.34. The molecule has 2 rings (SSSR count). The Morgan fingerprint density at radius 3 is 2.56 bits per heavy atom. The van der Waals surface area contributed by atoms with Crippen LogP contribution >= 0.6 is 0 Å². The van der Waals surface area contributed by atoms with Gasteiger partial charge in [0.2, 0.25) is 0 Å². The molecule has 0 bridgehead atoms. The molecule has 0 aliphatic carbocycles. The summed E-state index contributed by atoms with van der Waals surface area (Å²) in [7, 11) is 0. The number of likely N-dealkylation sites (tertiary alicyclic amines) is 1. The predicted octanol–water partition coefficient (Wildman–Crippen LogP) is 3.45. The highest BCUT2D eigenvalue weighted by Crippen LogP contribution is 2.15. The lowest BCUT2D eigenvalue weighted by Crippen LogP contribution is -2.53. The van der Waals surface area contributed by atoms with Crippen molar-refractivity contribution in [1.29, 1.82) is 0 Å². The third kappa shape index (κ3) is 6.29. The van der Waals surface area contributed by atoms with E-state index in [0.717, 1.165) is 18.4 Å². The van der Waals surface area contributed by atoms with Gasteiger partial charge < -0.3 is 20.3 Å². The highest BCUT2D eigenvalue weighted by molar-refractivity contribution is 5.75. The second-order valence-corrected chi connectivity index (χ2v) is 7.51. The zero-order valence-corrected chi connectivity index (χ0v) is 15.5. The number of carbonyl (C=O) groups is 2. The maximum Gasteiger partial charge on any atom is 0.407 e. The number of ether oxygens (including phenoxy) is 1. The van der Waals surface area contributed by atoms with Gasteiger partial charge in [0.1, 0.15) is 5.60 Å². The molecule has 138 valence electrons. The van der Waals surface area contributed by atoms with Gasteiger partial charge >= 0.3 is 12.1 Å². The zero-order valence-electron chi connectivity index (χ0n) is 15.5. The van der Waals surface area contributed by atoms with E-state index in [1.54, 1.807) is 4.90 Å². The van der Waals surface area contributed by atoms with Gasteiger partial charge in [-0.3, -0.25) is 0 Å². The Labute approximate surface area is 149 Å². The largest absolute Gasteiger partial charge is 0.444 e. The summed E-state index contributed by atoms with van der Waals surface area (Å²) in [5, 5.41) is 5.88. The Bertz CT molecular complexity index is 583. The lowest BCUT2D eigenvalue weighted by molar-refractivity contribution is 0.0479. The van der Waals surface area contributed by atoms with Crippen LogP contribution in [-0.2, 0) is 4.74 Å². The minimum Gasteiger partial charge on any atom is -0.444 e. The molecule has 2 N–H and O–H groups in total. The molecule has 1 aliphatic rings. The monoisotopic (exact) mass is 347 g/mol. The number of nitrogens with zero attached hydrogens (tertiary/aromatic N) is 1. The number of hydrogen-bond donors (Lipinski definition) is 2. The first-order chi connectivity index (χ1) is 11.7. The summed E-state index contributed by atoms with van der Waals surface area (Å²) < 4.78 is 5.29. The van der Waals surface area contributed by atoms with Crippen molar-refractivity contribution in [2.75, 3.05) is 13.1 Å². The first-order valence-electron chi connectivity index (χ1n) is 8.84. The average molecular weight is 347 g/mol. The van der Waals surface area contributed by atoms with Crippen LogP contribution in [-0.4, -0.2) is 41.8 Å². The van der Waals surface area contributed by atoms with E-state index in [0.29, 0.717) is 13.1 Å². The fourth-order valence-electron chi connectivity index (χ4n) is 2.86. The topological polar surface area (TPSA) is 70.7 Å². The highest BCUT2D eigenvalue weighted by Gasteiger charge is 2.27.